The monoisotopic (exact) mass is 255 g/mol. The number of nitrogens with zero attached hydrogens (tertiary/aromatic N) is 2. The molecular formula is C14H13N3S. The Morgan fingerprint density at radius 3 is 2.83 bits per heavy atom. The maximum Gasteiger partial charge on any atom is 0.121 e. The highest BCUT2D eigenvalue weighted by Gasteiger charge is 2.07. The van der Waals surface area contributed by atoms with Gasteiger partial charge in [-0.25, -0.2) is 4.98 Å². The fourth-order valence-corrected chi connectivity index (χ4v) is 2.60. The van der Waals surface area contributed by atoms with Gasteiger partial charge in [0.2, 0.25) is 0 Å². The number of rotatable bonds is 3. The van der Waals surface area contributed by atoms with Crippen LogP contribution in [0.15, 0.2) is 41.6 Å². The second-order valence-corrected chi connectivity index (χ2v) is 4.87. The van der Waals surface area contributed by atoms with E-state index in [0.29, 0.717) is 11.3 Å². The molecule has 0 atom stereocenters. The summed E-state index contributed by atoms with van der Waals surface area (Å²) in [6, 6.07) is 11.9. The van der Waals surface area contributed by atoms with Crippen LogP contribution in [0.1, 0.15) is 16.7 Å². The highest BCUT2D eigenvalue weighted by atomic mass is 32.2. The van der Waals surface area contributed by atoms with Crippen LogP contribution in [-0.2, 0) is 5.75 Å². The van der Waals surface area contributed by atoms with Crippen LogP contribution in [0.3, 0.4) is 0 Å². The molecule has 90 valence electrons. The Morgan fingerprint density at radius 2 is 2.11 bits per heavy atom. The first-order chi connectivity index (χ1) is 8.72. The average Bonchev–Trinajstić information content (AvgIpc) is 2.39. The Hall–Kier alpha value is -1.99. The highest BCUT2D eigenvalue weighted by Crippen LogP contribution is 2.28. The van der Waals surface area contributed by atoms with Crippen molar-refractivity contribution in [1.82, 2.24) is 4.98 Å². The van der Waals surface area contributed by atoms with Gasteiger partial charge >= 0.3 is 0 Å². The minimum atomic E-state index is 0.471. The summed E-state index contributed by atoms with van der Waals surface area (Å²) in [4.78, 5) is 4.22. The number of aryl methyl sites for hydroxylation is 1. The van der Waals surface area contributed by atoms with Crippen molar-refractivity contribution in [2.45, 2.75) is 17.7 Å². The molecule has 0 saturated carbocycles. The molecule has 0 aliphatic heterocycles. The maximum atomic E-state index is 8.91. The molecule has 0 aliphatic carbocycles. The lowest BCUT2D eigenvalue weighted by atomic mass is 10.1. The van der Waals surface area contributed by atoms with Crippen LogP contribution in [0, 0.1) is 18.3 Å². The molecule has 0 saturated heterocycles. The zero-order chi connectivity index (χ0) is 13.0. The van der Waals surface area contributed by atoms with Crippen molar-refractivity contribution < 1.29 is 0 Å². The quantitative estimate of drug-likeness (QED) is 0.856. The van der Waals surface area contributed by atoms with E-state index in [1.807, 2.05) is 12.1 Å². The van der Waals surface area contributed by atoms with E-state index in [4.69, 9.17) is 11.0 Å². The lowest BCUT2D eigenvalue weighted by Gasteiger charge is -2.07. The van der Waals surface area contributed by atoms with Gasteiger partial charge in [-0.15, -0.1) is 0 Å². The Kier molecular flexibility index (Phi) is 3.85. The van der Waals surface area contributed by atoms with Crippen molar-refractivity contribution >= 4 is 17.4 Å². The number of benzene rings is 1. The van der Waals surface area contributed by atoms with Crippen LogP contribution in [0.5, 0.6) is 0 Å². The first kappa shape index (κ1) is 12.5. The Morgan fingerprint density at radius 1 is 1.33 bits per heavy atom. The number of anilines is 1. The molecular weight excluding hydrogens is 242 g/mol. The molecule has 2 rings (SSSR count). The predicted molar refractivity (Wildman–Crippen MR) is 74.1 cm³/mol. The van der Waals surface area contributed by atoms with Gasteiger partial charge in [-0.3, -0.25) is 0 Å². The molecule has 4 heteroatoms. The lowest BCUT2D eigenvalue weighted by Crippen LogP contribution is -1.96. The van der Waals surface area contributed by atoms with E-state index in [-0.39, 0.29) is 0 Å². The van der Waals surface area contributed by atoms with E-state index in [0.717, 1.165) is 10.8 Å². The van der Waals surface area contributed by atoms with E-state index in [2.05, 4.69) is 30.1 Å². The number of nitrogens with two attached hydrogens (primary N) is 1. The molecule has 3 nitrogen and oxygen atoms in total. The third-order valence-corrected chi connectivity index (χ3v) is 3.75. The molecule has 2 aromatic rings. The maximum absolute atomic E-state index is 8.91. The molecule has 0 amide bonds. The molecule has 0 radical (unpaired) electrons. The largest absolute Gasteiger partial charge is 0.395 e. The van der Waals surface area contributed by atoms with Gasteiger partial charge in [0, 0.05) is 11.9 Å². The molecule has 0 aliphatic rings. The third-order valence-electron chi connectivity index (χ3n) is 2.70. The Bertz CT molecular complexity index is 602. The van der Waals surface area contributed by atoms with E-state index in [1.54, 1.807) is 24.0 Å². The van der Waals surface area contributed by atoms with Crippen LogP contribution in [0.2, 0.25) is 0 Å². The van der Waals surface area contributed by atoms with Gasteiger partial charge in [0.05, 0.1) is 11.3 Å². The summed E-state index contributed by atoms with van der Waals surface area (Å²) in [5, 5.41) is 9.62. The summed E-state index contributed by atoms with van der Waals surface area (Å²) in [6.07, 6.45) is 1.62. The molecule has 0 fully saturated rings. The van der Waals surface area contributed by atoms with Crippen LogP contribution in [0.4, 0.5) is 5.69 Å². The predicted octanol–water partition coefficient (Wildman–Crippen LogP) is 3.14. The molecule has 0 bridgehead atoms. The highest BCUT2D eigenvalue weighted by molar-refractivity contribution is 7.98. The number of nitrogen functional groups attached to an aromatic ring is 1. The van der Waals surface area contributed by atoms with E-state index >= 15 is 0 Å². The van der Waals surface area contributed by atoms with Crippen LogP contribution in [0.25, 0.3) is 0 Å². The van der Waals surface area contributed by atoms with E-state index < -0.39 is 0 Å². The SMILES string of the molecule is Cc1ccccc1CSc1nccc(C#N)c1N. The number of aromatic nitrogens is 1. The number of nitriles is 1. The van der Waals surface area contributed by atoms with Gasteiger partial charge in [0.1, 0.15) is 11.1 Å². The molecule has 1 aromatic heterocycles. The van der Waals surface area contributed by atoms with Gasteiger partial charge < -0.3 is 5.73 Å². The van der Waals surface area contributed by atoms with Crippen molar-refractivity contribution in [2.24, 2.45) is 0 Å². The van der Waals surface area contributed by atoms with Crippen molar-refractivity contribution in [1.29, 1.82) is 5.26 Å². The van der Waals surface area contributed by atoms with Crippen molar-refractivity contribution in [3.05, 3.63) is 53.2 Å². The van der Waals surface area contributed by atoms with Crippen LogP contribution < -0.4 is 5.73 Å². The molecule has 18 heavy (non-hydrogen) atoms. The topological polar surface area (TPSA) is 62.7 Å². The second kappa shape index (κ2) is 5.56. The fraction of sp³-hybridized carbons (Fsp3) is 0.143. The number of thioether (sulfide) groups is 1. The van der Waals surface area contributed by atoms with Gasteiger partial charge in [-0.2, -0.15) is 5.26 Å². The number of hydrogen-bond acceptors (Lipinski definition) is 4. The summed E-state index contributed by atoms with van der Waals surface area (Å²) >= 11 is 1.56. The Balaban J connectivity index is 2.17. The van der Waals surface area contributed by atoms with Crippen molar-refractivity contribution in [3.63, 3.8) is 0 Å². The number of pyridine rings is 1. The number of hydrogen-bond donors (Lipinski definition) is 1. The standard InChI is InChI=1S/C14H13N3S/c1-10-4-2-3-5-12(10)9-18-14-13(16)11(8-15)6-7-17-14/h2-7H,9,16H2,1H3. The third kappa shape index (κ3) is 2.63. The van der Waals surface area contributed by atoms with Crippen LogP contribution >= 0.6 is 11.8 Å². The summed E-state index contributed by atoms with van der Waals surface area (Å²) in [6.45, 7) is 2.08. The summed E-state index contributed by atoms with van der Waals surface area (Å²) < 4.78 is 0. The molecule has 1 aromatic carbocycles. The smallest absolute Gasteiger partial charge is 0.121 e. The fourth-order valence-electron chi connectivity index (χ4n) is 1.58. The molecule has 2 N–H and O–H groups in total. The van der Waals surface area contributed by atoms with E-state index in [9.17, 15) is 0 Å². The molecule has 0 spiro atoms. The average molecular weight is 255 g/mol. The zero-order valence-electron chi connectivity index (χ0n) is 10.1. The van der Waals surface area contributed by atoms with Gasteiger partial charge in [-0.05, 0) is 24.1 Å². The van der Waals surface area contributed by atoms with Gasteiger partial charge in [0.15, 0.2) is 0 Å². The first-order valence-corrected chi connectivity index (χ1v) is 6.53. The van der Waals surface area contributed by atoms with Crippen LogP contribution in [-0.4, -0.2) is 4.98 Å². The van der Waals surface area contributed by atoms with Crippen molar-refractivity contribution in [3.8, 4) is 6.07 Å². The van der Waals surface area contributed by atoms with E-state index in [1.165, 1.54) is 11.1 Å². The lowest BCUT2D eigenvalue weighted by molar-refractivity contribution is 1.13. The molecule has 0 unspecified atom stereocenters. The summed E-state index contributed by atoms with van der Waals surface area (Å²) in [5.41, 5.74) is 9.35. The summed E-state index contributed by atoms with van der Waals surface area (Å²) in [7, 11) is 0. The van der Waals surface area contributed by atoms with Gasteiger partial charge in [0.25, 0.3) is 0 Å². The minimum Gasteiger partial charge on any atom is -0.395 e. The van der Waals surface area contributed by atoms with Gasteiger partial charge in [-0.1, -0.05) is 36.0 Å². The summed E-state index contributed by atoms with van der Waals surface area (Å²) in [5.74, 6) is 0.804. The molecule has 1 heterocycles. The second-order valence-electron chi connectivity index (χ2n) is 3.90. The first-order valence-electron chi connectivity index (χ1n) is 5.54. The minimum absolute atomic E-state index is 0.471. The van der Waals surface area contributed by atoms with Crippen molar-refractivity contribution in [2.75, 3.05) is 5.73 Å². The normalized spacial score (nSPS) is 10.0. The zero-order valence-corrected chi connectivity index (χ0v) is 10.9. The Labute approximate surface area is 111 Å².